The molecular formula is C33H58O3S. The van der Waals surface area contributed by atoms with Gasteiger partial charge in [-0.2, -0.15) is 8.42 Å². The van der Waals surface area contributed by atoms with Gasteiger partial charge in [-0.15, -0.1) is 0 Å². The lowest BCUT2D eigenvalue weighted by Crippen LogP contribution is -2.45. The molecule has 0 aliphatic heterocycles. The van der Waals surface area contributed by atoms with Gasteiger partial charge >= 0.3 is 0 Å². The maximum atomic E-state index is 11.7. The third kappa shape index (κ3) is 7.21. The van der Waals surface area contributed by atoms with Crippen LogP contribution >= 0.6 is 0 Å². The van der Waals surface area contributed by atoms with Gasteiger partial charge in [-0.1, -0.05) is 113 Å². The first-order valence-electron chi connectivity index (χ1n) is 15.0. The Morgan fingerprint density at radius 1 is 0.865 bits per heavy atom. The van der Waals surface area contributed by atoms with E-state index < -0.39 is 10.1 Å². The van der Waals surface area contributed by atoms with E-state index in [1.54, 1.807) is 12.1 Å². The van der Waals surface area contributed by atoms with Crippen LogP contribution in [0, 0.1) is 33.5 Å². The van der Waals surface area contributed by atoms with E-state index in [0.29, 0.717) is 17.3 Å². The molecule has 0 radical (unpaired) electrons. The van der Waals surface area contributed by atoms with E-state index in [-0.39, 0.29) is 21.1 Å². The average molecular weight is 535 g/mol. The van der Waals surface area contributed by atoms with Crippen molar-refractivity contribution in [2.45, 2.75) is 144 Å². The van der Waals surface area contributed by atoms with Crippen LogP contribution in [0.3, 0.4) is 0 Å². The highest BCUT2D eigenvalue weighted by atomic mass is 32.2. The zero-order valence-electron chi connectivity index (χ0n) is 25.8. The van der Waals surface area contributed by atoms with Gasteiger partial charge in [0.05, 0.1) is 4.90 Å². The summed E-state index contributed by atoms with van der Waals surface area (Å²) in [5.41, 5.74) is 1.95. The van der Waals surface area contributed by atoms with Gasteiger partial charge in [0.25, 0.3) is 10.1 Å². The summed E-state index contributed by atoms with van der Waals surface area (Å²) in [6.45, 7) is 24.4. The molecule has 4 unspecified atom stereocenters. The third-order valence-corrected chi connectivity index (χ3v) is 12.0. The zero-order valence-corrected chi connectivity index (χ0v) is 26.6. The van der Waals surface area contributed by atoms with Crippen molar-refractivity contribution in [3.8, 4) is 0 Å². The third-order valence-electron chi connectivity index (χ3n) is 11.1. The largest absolute Gasteiger partial charge is 0.294 e. The Labute approximate surface area is 230 Å². The van der Waals surface area contributed by atoms with Gasteiger partial charge < -0.3 is 0 Å². The minimum Gasteiger partial charge on any atom is -0.282 e. The molecule has 0 bridgehead atoms. The Morgan fingerprint density at radius 3 is 1.92 bits per heavy atom. The predicted molar refractivity (Wildman–Crippen MR) is 159 cm³/mol. The Morgan fingerprint density at radius 2 is 1.43 bits per heavy atom. The molecule has 0 amide bonds. The van der Waals surface area contributed by atoms with Crippen LogP contribution in [0.15, 0.2) is 29.2 Å². The summed E-state index contributed by atoms with van der Waals surface area (Å²) < 4.78 is 33.0. The van der Waals surface area contributed by atoms with Crippen LogP contribution in [0.5, 0.6) is 0 Å². The quantitative estimate of drug-likeness (QED) is 0.241. The molecule has 1 aliphatic rings. The Bertz CT molecular complexity index is 958. The van der Waals surface area contributed by atoms with Gasteiger partial charge in [0.2, 0.25) is 0 Å². The molecule has 0 heterocycles. The molecule has 1 aromatic rings. The van der Waals surface area contributed by atoms with Crippen LogP contribution in [0.1, 0.15) is 145 Å². The highest BCUT2D eigenvalue weighted by Gasteiger charge is 2.52. The van der Waals surface area contributed by atoms with E-state index in [1.807, 2.05) is 12.1 Å². The topological polar surface area (TPSA) is 54.4 Å². The summed E-state index contributed by atoms with van der Waals surface area (Å²) >= 11 is 0. The fraction of sp³-hybridized carbons (Fsp3) is 0.818. The molecule has 1 aliphatic carbocycles. The minimum atomic E-state index is -4.19. The number of hydrogen-bond acceptors (Lipinski definition) is 2. The number of hydrogen-bond donors (Lipinski definition) is 1. The van der Waals surface area contributed by atoms with Crippen molar-refractivity contribution in [1.82, 2.24) is 0 Å². The summed E-state index contributed by atoms with van der Waals surface area (Å²) in [5, 5.41) is 0. The lowest BCUT2D eigenvalue weighted by molar-refractivity contribution is -0.0325. The smallest absolute Gasteiger partial charge is 0.282 e. The summed E-state index contributed by atoms with van der Waals surface area (Å²) in [6.07, 6.45) is 12.3. The molecule has 3 nitrogen and oxygen atoms in total. The lowest BCUT2D eigenvalue weighted by atomic mass is 9.51. The Kier molecular flexibility index (Phi) is 10.6. The van der Waals surface area contributed by atoms with Gasteiger partial charge in [0, 0.05) is 0 Å². The van der Waals surface area contributed by atoms with Crippen molar-refractivity contribution >= 4 is 10.1 Å². The molecule has 1 fully saturated rings. The van der Waals surface area contributed by atoms with E-state index in [1.165, 1.54) is 44.1 Å². The number of unbranched alkanes of at least 4 members (excludes halogenated alkanes) is 1. The van der Waals surface area contributed by atoms with Crippen molar-refractivity contribution in [2.24, 2.45) is 33.5 Å². The molecule has 4 heteroatoms. The van der Waals surface area contributed by atoms with Gasteiger partial charge in [-0.3, -0.25) is 4.55 Å². The standard InChI is InChI=1S/C33H58O3S/c1-11-14-23-30(4,5)27-16-15-17-28(27)32(8,9)31(6,7)24-29(33(10,13-3)22-12-2)25-18-20-26(21-19-25)37(34,35)36/h18-21,27-29H,11-17,22-24H2,1-10H3,(H,34,35,36). The molecule has 0 saturated heterocycles. The molecule has 4 atom stereocenters. The second-order valence-electron chi connectivity index (χ2n) is 14.4. The highest BCUT2D eigenvalue weighted by Crippen LogP contribution is 2.61. The van der Waals surface area contributed by atoms with E-state index in [0.717, 1.165) is 31.6 Å². The Balaban J connectivity index is 2.48. The van der Waals surface area contributed by atoms with Crippen LogP contribution in [0.2, 0.25) is 0 Å². The fourth-order valence-corrected chi connectivity index (χ4v) is 8.14. The molecule has 37 heavy (non-hydrogen) atoms. The van der Waals surface area contributed by atoms with Crippen LogP contribution in [0.25, 0.3) is 0 Å². The predicted octanol–water partition coefficient (Wildman–Crippen LogP) is 10.3. The zero-order chi connectivity index (χ0) is 28.3. The molecule has 214 valence electrons. The summed E-state index contributed by atoms with van der Waals surface area (Å²) in [4.78, 5) is -0.0219. The average Bonchev–Trinajstić information content (AvgIpc) is 3.33. The van der Waals surface area contributed by atoms with E-state index in [9.17, 15) is 13.0 Å². The van der Waals surface area contributed by atoms with Crippen LogP contribution in [-0.2, 0) is 10.1 Å². The summed E-state index contributed by atoms with van der Waals surface area (Å²) in [6, 6.07) is 7.07. The van der Waals surface area contributed by atoms with Crippen LogP contribution in [0.4, 0.5) is 0 Å². The van der Waals surface area contributed by atoms with Crippen LogP contribution < -0.4 is 0 Å². The highest BCUT2D eigenvalue weighted by molar-refractivity contribution is 7.85. The maximum absolute atomic E-state index is 11.7. The maximum Gasteiger partial charge on any atom is 0.294 e. The van der Waals surface area contributed by atoms with Gasteiger partial charge in [-0.05, 0) is 89.2 Å². The first-order chi connectivity index (χ1) is 17.0. The first-order valence-corrected chi connectivity index (χ1v) is 16.5. The monoisotopic (exact) mass is 534 g/mol. The first kappa shape index (κ1) is 32.3. The van der Waals surface area contributed by atoms with E-state index in [4.69, 9.17) is 0 Å². The molecule has 1 saturated carbocycles. The fourth-order valence-electron chi connectivity index (χ4n) is 7.66. The second kappa shape index (κ2) is 12.1. The van der Waals surface area contributed by atoms with Crippen LogP contribution in [-0.4, -0.2) is 13.0 Å². The molecule has 2 rings (SSSR count). The van der Waals surface area contributed by atoms with Gasteiger partial charge in [-0.25, -0.2) is 0 Å². The van der Waals surface area contributed by atoms with E-state index >= 15 is 0 Å². The molecule has 1 aromatic carbocycles. The molecule has 1 N–H and O–H groups in total. The molecule has 0 aromatic heterocycles. The number of benzene rings is 1. The second-order valence-corrected chi connectivity index (χ2v) is 15.8. The van der Waals surface area contributed by atoms with Crippen molar-refractivity contribution in [3.05, 3.63) is 29.8 Å². The van der Waals surface area contributed by atoms with Crippen molar-refractivity contribution in [1.29, 1.82) is 0 Å². The number of rotatable bonds is 14. The van der Waals surface area contributed by atoms with Crippen molar-refractivity contribution < 1.29 is 13.0 Å². The SMILES string of the molecule is CCCCC(C)(C)C1CCCC1C(C)(C)C(C)(C)CC(c1ccc(S(=O)(=O)O)cc1)C(C)(CC)CCC. The van der Waals surface area contributed by atoms with Crippen molar-refractivity contribution in [3.63, 3.8) is 0 Å². The normalized spacial score (nSPS) is 22.1. The molecule has 0 spiro atoms. The minimum absolute atomic E-state index is 0.0219. The molecular weight excluding hydrogens is 476 g/mol. The van der Waals surface area contributed by atoms with E-state index in [2.05, 4.69) is 69.2 Å². The van der Waals surface area contributed by atoms with Gasteiger partial charge in [0.15, 0.2) is 0 Å². The summed E-state index contributed by atoms with van der Waals surface area (Å²) in [7, 11) is -4.19. The summed E-state index contributed by atoms with van der Waals surface area (Å²) in [5.74, 6) is 1.78. The van der Waals surface area contributed by atoms with Gasteiger partial charge in [0.1, 0.15) is 0 Å². The Hall–Kier alpha value is -0.870. The van der Waals surface area contributed by atoms with Crippen molar-refractivity contribution in [2.75, 3.05) is 0 Å². The lowest BCUT2D eigenvalue weighted by Gasteiger charge is -2.53.